The fourth-order valence-electron chi connectivity index (χ4n) is 3.54. The summed E-state index contributed by atoms with van der Waals surface area (Å²) in [6, 6.07) is 6.61. The van der Waals surface area contributed by atoms with Crippen LogP contribution in [0.5, 0.6) is 0 Å². The van der Waals surface area contributed by atoms with Crippen molar-refractivity contribution < 1.29 is 13.2 Å². The van der Waals surface area contributed by atoms with Gasteiger partial charge in [-0.15, -0.1) is 0 Å². The fraction of sp³-hybridized carbons (Fsp3) is 0.611. The maximum Gasteiger partial charge on any atom is 0.240 e. The van der Waals surface area contributed by atoms with Gasteiger partial charge in [0.1, 0.15) is 0 Å². The summed E-state index contributed by atoms with van der Waals surface area (Å²) in [6.45, 7) is 6.50. The zero-order valence-electron chi connectivity index (χ0n) is 14.8. The van der Waals surface area contributed by atoms with E-state index in [2.05, 4.69) is 16.5 Å². The van der Waals surface area contributed by atoms with Crippen LogP contribution in [0.25, 0.3) is 0 Å². The Labute approximate surface area is 150 Å². The van der Waals surface area contributed by atoms with Crippen LogP contribution in [0.2, 0.25) is 0 Å². The van der Waals surface area contributed by atoms with E-state index >= 15 is 0 Å². The molecule has 3 rings (SSSR count). The predicted octanol–water partition coefficient (Wildman–Crippen LogP) is 1.82. The number of hydrogen-bond donors (Lipinski definition) is 1. The zero-order chi connectivity index (χ0) is 17.9. The molecule has 0 bridgehead atoms. The molecule has 2 saturated heterocycles. The molecule has 138 valence electrons. The molecule has 0 aromatic heterocycles. The van der Waals surface area contributed by atoms with Gasteiger partial charge >= 0.3 is 0 Å². The second-order valence-electron chi connectivity index (χ2n) is 6.87. The van der Waals surface area contributed by atoms with Crippen LogP contribution in [0.3, 0.4) is 0 Å². The summed E-state index contributed by atoms with van der Waals surface area (Å²) in [5.41, 5.74) is 0.772. The number of benzene rings is 1. The van der Waals surface area contributed by atoms with E-state index in [1.165, 1.54) is 0 Å². The number of likely N-dealkylation sites (tertiary alicyclic amines) is 1. The third-order valence-electron chi connectivity index (χ3n) is 5.25. The van der Waals surface area contributed by atoms with E-state index < -0.39 is 10.0 Å². The standard InChI is InChI=1S/C18H27N3O3S/c1-2-20-12-9-15(10-13-20)14-19-25(23,24)17-7-5-16(6-8-17)21-11-3-4-18(21)22/h5-8,15,19H,2-4,9-14H2,1H3. The highest BCUT2D eigenvalue weighted by molar-refractivity contribution is 7.89. The minimum Gasteiger partial charge on any atom is -0.312 e. The van der Waals surface area contributed by atoms with Gasteiger partial charge in [0.15, 0.2) is 0 Å². The Bertz CT molecular complexity index is 695. The molecule has 6 nitrogen and oxygen atoms in total. The Morgan fingerprint density at radius 3 is 2.36 bits per heavy atom. The quantitative estimate of drug-likeness (QED) is 0.835. The maximum atomic E-state index is 12.5. The van der Waals surface area contributed by atoms with E-state index in [4.69, 9.17) is 0 Å². The largest absolute Gasteiger partial charge is 0.312 e. The number of nitrogens with zero attached hydrogens (tertiary/aromatic N) is 2. The lowest BCUT2D eigenvalue weighted by molar-refractivity contribution is -0.117. The van der Waals surface area contributed by atoms with E-state index in [0.717, 1.165) is 44.6 Å². The fourth-order valence-corrected chi connectivity index (χ4v) is 4.66. The summed E-state index contributed by atoms with van der Waals surface area (Å²) >= 11 is 0. The van der Waals surface area contributed by atoms with Crippen molar-refractivity contribution in [2.24, 2.45) is 5.92 Å². The molecule has 0 spiro atoms. The van der Waals surface area contributed by atoms with Crippen molar-refractivity contribution in [3.8, 4) is 0 Å². The molecule has 2 aliphatic heterocycles. The highest BCUT2D eigenvalue weighted by atomic mass is 32.2. The van der Waals surface area contributed by atoms with Gasteiger partial charge in [0.2, 0.25) is 15.9 Å². The van der Waals surface area contributed by atoms with Gasteiger partial charge in [-0.25, -0.2) is 13.1 Å². The molecule has 1 aromatic carbocycles. The van der Waals surface area contributed by atoms with E-state index in [0.29, 0.717) is 25.4 Å². The van der Waals surface area contributed by atoms with Gasteiger partial charge in [0, 0.05) is 25.2 Å². The number of carbonyl (C=O) groups excluding carboxylic acids is 1. The number of anilines is 1. The normalized spacial score (nSPS) is 20.4. The summed E-state index contributed by atoms with van der Waals surface area (Å²) in [7, 11) is -3.50. The van der Waals surface area contributed by atoms with Crippen LogP contribution in [0.1, 0.15) is 32.6 Å². The van der Waals surface area contributed by atoms with Crippen molar-refractivity contribution in [2.75, 3.05) is 37.6 Å². The van der Waals surface area contributed by atoms with Gasteiger partial charge in [-0.3, -0.25) is 4.79 Å². The lowest BCUT2D eigenvalue weighted by atomic mass is 9.97. The van der Waals surface area contributed by atoms with Gasteiger partial charge < -0.3 is 9.80 Å². The molecule has 2 heterocycles. The van der Waals surface area contributed by atoms with Crippen LogP contribution < -0.4 is 9.62 Å². The molecular formula is C18H27N3O3S. The van der Waals surface area contributed by atoms with Crippen LogP contribution in [-0.4, -0.2) is 51.9 Å². The average molecular weight is 365 g/mol. The first-order valence-corrected chi connectivity index (χ1v) is 10.6. The van der Waals surface area contributed by atoms with Crippen LogP contribution in [0.4, 0.5) is 5.69 Å². The smallest absolute Gasteiger partial charge is 0.240 e. The monoisotopic (exact) mass is 365 g/mol. The number of sulfonamides is 1. The number of amides is 1. The van der Waals surface area contributed by atoms with E-state index in [1.54, 1.807) is 29.2 Å². The minimum absolute atomic E-state index is 0.104. The molecule has 2 fully saturated rings. The summed E-state index contributed by atoms with van der Waals surface area (Å²) in [5, 5.41) is 0. The molecule has 2 aliphatic rings. The molecule has 0 unspecified atom stereocenters. The SMILES string of the molecule is CCN1CCC(CNS(=O)(=O)c2ccc(N3CCCC3=O)cc2)CC1. The molecular weight excluding hydrogens is 338 g/mol. The Morgan fingerprint density at radius 1 is 1.12 bits per heavy atom. The number of piperidine rings is 1. The molecule has 1 aromatic rings. The Morgan fingerprint density at radius 2 is 1.80 bits per heavy atom. The second kappa shape index (κ2) is 7.85. The number of rotatable bonds is 6. The van der Waals surface area contributed by atoms with Gasteiger partial charge in [-0.2, -0.15) is 0 Å². The lowest BCUT2D eigenvalue weighted by Crippen LogP contribution is -2.38. The maximum absolute atomic E-state index is 12.5. The van der Waals surface area contributed by atoms with Gasteiger partial charge in [-0.1, -0.05) is 6.92 Å². The number of nitrogens with one attached hydrogen (secondary N) is 1. The van der Waals surface area contributed by atoms with Crippen LogP contribution in [0.15, 0.2) is 29.2 Å². The first-order valence-electron chi connectivity index (χ1n) is 9.12. The third kappa shape index (κ3) is 4.40. The van der Waals surface area contributed by atoms with Gasteiger partial charge in [-0.05, 0) is 69.1 Å². The van der Waals surface area contributed by atoms with Crippen molar-refractivity contribution in [1.82, 2.24) is 9.62 Å². The highest BCUT2D eigenvalue weighted by Crippen LogP contribution is 2.23. The van der Waals surface area contributed by atoms with Crippen molar-refractivity contribution in [1.29, 1.82) is 0 Å². The lowest BCUT2D eigenvalue weighted by Gasteiger charge is -2.31. The Kier molecular flexibility index (Phi) is 5.76. The number of carbonyl (C=O) groups is 1. The van der Waals surface area contributed by atoms with Gasteiger partial charge in [0.25, 0.3) is 0 Å². The van der Waals surface area contributed by atoms with Crippen LogP contribution in [-0.2, 0) is 14.8 Å². The second-order valence-corrected chi connectivity index (χ2v) is 8.64. The molecule has 7 heteroatoms. The molecule has 1 N–H and O–H groups in total. The minimum atomic E-state index is -3.50. The summed E-state index contributed by atoms with van der Waals surface area (Å²) in [4.78, 5) is 16.1. The van der Waals surface area contributed by atoms with Gasteiger partial charge in [0.05, 0.1) is 4.90 Å². The third-order valence-corrected chi connectivity index (χ3v) is 6.69. The van der Waals surface area contributed by atoms with E-state index in [-0.39, 0.29) is 10.8 Å². The average Bonchev–Trinajstić information content (AvgIpc) is 3.06. The first kappa shape index (κ1) is 18.4. The summed E-state index contributed by atoms with van der Waals surface area (Å²) < 4.78 is 27.7. The van der Waals surface area contributed by atoms with Crippen molar-refractivity contribution in [3.05, 3.63) is 24.3 Å². The van der Waals surface area contributed by atoms with Crippen molar-refractivity contribution >= 4 is 21.6 Å². The zero-order valence-corrected chi connectivity index (χ0v) is 15.6. The highest BCUT2D eigenvalue weighted by Gasteiger charge is 2.23. The molecule has 0 aliphatic carbocycles. The van der Waals surface area contributed by atoms with E-state index in [9.17, 15) is 13.2 Å². The predicted molar refractivity (Wildman–Crippen MR) is 98.1 cm³/mol. The Hall–Kier alpha value is -1.44. The van der Waals surface area contributed by atoms with Crippen LogP contribution >= 0.6 is 0 Å². The summed E-state index contributed by atoms with van der Waals surface area (Å²) in [5.74, 6) is 0.506. The first-order chi connectivity index (χ1) is 12.0. The molecule has 1 amide bonds. The molecule has 25 heavy (non-hydrogen) atoms. The molecule has 0 radical (unpaired) electrons. The van der Waals surface area contributed by atoms with Crippen molar-refractivity contribution in [2.45, 2.75) is 37.5 Å². The van der Waals surface area contributed by atoms with Crippen molar-refractivity contribution in [3.63, 3.8) is 0 Å². The topological polar surface area (TPSA) is 69.7 Å². The van der Waals surface area contributed by atoms with E-state index in [1.807, 2.05) is 0 Å². The summed E-state index contributed by atoms with van der Waals surface area (Å²) in [6.07, 6.45) is 3.49. The number of hydrogen-bond acceptors (Lipinski definition) is 4. The molecule has 0 saturated carbocycles. The Balaban J connectivity index is 1.57. The van der Waals surface area contributed by atoms with Crippen LogP contribution in [0, 0.1) is 5.92 Å². The molecule has 0 atom stereocenters.